The second kappa shape index (κ2) is 10.7. The van der Waals surface area contributed by atoms with Gasteiger partial charge >= 0.3 is 0 Å². The number of carbonyl (C=O) groups excluding carboxylic acids is 2. The fourth-order valence-corrected chi connectivity index (χ4v) is 2.28. The number of nitrogens with zero attached hydrogens (tertiary/aromatic N) is 2. The lowest BCUT2D eigenvalue weighted by Crippen LogP contribution is -2.22. The Kier molecular flexibility index (Phi) is 7.74. The smallest absolute Gasteiger partial charge is 0.205 e. The SMILES string of the molecule is N#C/C(=C/NCCN/C=C(\C#N)C(=O)c1ccccc1)C(=O)c1ccccc1. The summed E-state index contributed by atoms with van der Waals surface area (Å²) in [6.07, 6.45) is 2.72. The molecule has 0 aromatic heterocycles. The van der Waals surface area contributed by atoms with Crippen LogP contribution in [0.15, 0.2) is 84.2 Å². The van der Waals surface area contributed by atoms with Gasteiger partial charge in [-0.2, -0.15) is 10.5 Å². The molecule has 0 spiro atoms. The first kappa shape index (κ1) is 20.2. The van der Waals surface area contributed by atoms with Gasteiger partial charge in [0.15, 0.2) is 0 Å². The summed E-state index contributed by atoms with van der Waals surface area (Å²) in [5.74, 6) is -0.715. The van der Waals surface area contributed by atoms with Gasteiger partial charge < -0.3 is 10.6 Å². The highest BCUT2D eigenvalue weighted by molar-refractivity contribution is 6.11. The maximum absolute atomic E-state index is 12.2. The number of benzene rings is 2. The van der Waals surface area contributed by atoms with Gasteiger partial charge in [0.1, 0.15) is 23.3 Å². The van der Waals surface area contributed by atoms with Crippen molar-refractivity contribution < 1.29 is 9.59 Å². The van der Waals surface area contributed by atoms with Crippen LogP contribution in [0.4, 0.5) is 0 Å². The van der Waals surface area contributed by atoms with Crippen LogP contribution in [-0.2, 0) is 0 Å². The van der Waals surface area contributed by atoms with Crippen LogP contribution in [0.2, 0.25) is 0 Å². The van der Waals surface area contributed by atoms with Crippen molar-refractivity contribution in [1.82, 2.24) is 10.6 Å². The molecular weight excluding hydrogens is 352 g/mol. The molecule has 2 aromatic carbocycles. The van der Waals surface area contributed by atoms with Crippen molar-refractivity contribution in [3.05, 3.63) is 95.3 Å². The van der Waals surface area contributed by atoms with E-state index in [2.05, 4.69) is 10.6 Å². The predicted octanol–water partition coefficient (Wildman–Crippen LogP) is 2.75. The number of hydrogen-bond acceptors (Lipinski definition) is 6. The third-order valence-corrected chi connectivity index (χ3v) is 3.71. The molecule has 0 aliphatic heterocycles. The topological polar surface area (TPSA) is 106 Å². The quantitative estimate of drug-likeness (QED) is 0.304. The Hall–Kier alpha value is -4.16. The first-order valence-electron chi connectivity index (χ1n) is 8.54. The Morgan fingerprint density at radius 2 is 1.07 bits per heavy atom. The van der Waals surface area contributed by atoms with Gasteiger partial charge in [0.25, 0.3) is 0 Å². The largest absolute Gasteiger partial charge is 0.388 e. The number of nitrogens with one attached hydrogen (secondary N) is 2. The molecule has 28 heavy (non-hydrogen) atoms. The molecule has 2 rings (SSSR count). The minimum Gasteiger partial charge on any atom is -0.388 e. The molecule has 6 heteroatoms. The zero-order chi connectivity index (χ0) is 20.2. The summed E-state index contributed by atoms with van der Waals surface area (Å²) in [5, 5.41) is 24.1. The van der Waals surface area contributed by atoms with Crippen molar-refractivity contribution in [1.29, 1.82) is 10.5 Å². The van der Waals surface area contributed by atoms with E-state index >= 15 is 0 Å². The maximum Gasteiger partial charge on any atom is 0.205 e. The van der Waals surface area contributed by atoms with Gasteiger partial charge in [-0.3, -0.25) is 9.59 Å². The van der Waals surface area contributed by atoms with Gasteiger partial charge in [0.05, 0.1) is 0 Å². The first-order chi connectivity index (χ1) is 13.7. The maximum atomic E-state index is 12.2. The Bertz CT molecular complexity index is 884. The Morgan fingerprint density at radius 1 is 0.714 bits per heavy atom. The van der Waals surface area contributed by atoms with Gasteiger partial charge in [-0.15, -0.1) is 0 Å². The molecule has 0 saturated carbocycles. The third kappa shape index (κ3) is 5.69. The molecule has 0 atom stereocenters. The van der Waals surface area contributed by atoms with Crippen LogP contribution < -0.4 is 10.6 Å². The number of allylic oxidation sites excluding steroid dienone is 2. The number of rotatable bonds is 9. The number of Topliss-reactive ketones (excluding diaryl/α,β-unsaturated/α-hetero) is 2. The Balaban J connectivity index is 1.86. The monoisotopic (exact) mass is 370 g/mol. The van der Waals surface area contributed by atoms with Crippen molar-refractivity contribution in [2.45, 2.75) is 0 Å². The highest BCUT2D eigenvalue weighted by Gasteiger charge is 2.12. The average molecular weight is 370 g/mol. The number of hydrogen-bond donors (Lipinski definition) is 2. The van der Waals surface area contributed by atoms with E-state index in [0.29, 0.717) is 24.2 Å². The van der Waals surface area contributed by atoms with Gasteiger partial charge in [0, 0.05) is 36.6 Å². The predicted molar refractivity (Wildman–Crippen MR) is 105 cm³/mol. The summed E-state index contributed by atoms with van der Waals surface area (Å²) in [4.78, 5) is 24.4. The van der Waals surface area contributed by atoms with Crippen LogP contribution in [0.3, 0.4) is 0 Å². The summed E-state index contributed by atoms with van der Waals surface area (Å²) in [5.41, 5.74) is 0.880. The molecule has 6 nitrogen and oxygen atoms in total. The number of ketones is 2. The Morgan fingerprint density at radius 3 is 1.39 bits per heavy atom. The van der Waals surface area contributed by atoms with E-state index in [-0.39, 0.29) is 22.7 Å². The lowest BCUT2D eigenvalue weighted by Gasteiger charge is -2.04. The van der Waals surface area contributed by atoms with Crippen LogP contribution in [0, 0.1) is 22.7 Å². The first-order valence-corrected chi connectivity index (χ1v) is 8.54. The molecule has 0 bridgehead atoms. The normalized spacial score (nSPS) is 11.1. The number of nitriles is 2. The van der Waals surface area contributed by atoms with Gasteiger partial charge in [-0.25, -0.2) is 0 Å². The zero-order valence-corrected chi connectivity index (χ0v) is 15.1. The molecule has 0 aliphatic carbocycles. The lowest BCUT2D eigenvalue weighted by atomic mass is 10.1. The summed E-state index contributed by atoms with van der Waals surface area (Å²) in [7, 11) is 0. The molecule has 2 N–H and O–H groups in total. The molecule has 0 amide bonds. The second-order valence-electron chi connectivity index (χ2n) is 5.64. The Labute approximate surface area is 163 Å². The van der Waals surface area contributed by atoms with Gasteiger partial charge in [0.2, 0.25) is 11.6 Å². The van der Waals surface area contributed by atoms with E-state index in [1.54, 1.807) is 60.7 Å². The molecule has 0 aliphatic rings. The van der Waals surface area contributed by atoms with E-state index in [9.17, 15) is 9.59 Å². The molecule has 0 unspecified atom stereocenters. The minimum absolute atomic E-state index is 0.00119. The third-order valence-electron chi connectivity index (χ3n) is 3.71. The van der Waals surface area contributed by atoms with Crippen LogP contribution >= 0.6 is 0 Å². The standard InChI is InChI=1S/C22H18N4O2/c23-13-19(21(27)17-7-3-1-4-8-17)15-25-11-12-26-16-20(14-24)22(28)18-9-5-2-6-10-18/h1-10,15-16,25-26H,11-12H2/b19-15-,20-16+. The van der Waals surface area contributed by atoms with E-state index < -0.39 is 0 Å². The van der Waals surface area contributed by atoms with Crippen molar-refractivity contribution in [3.8, 4) is 12.1 Å². The van der Waals surface area contributed by atoms with Crippen molar-refractivity contribution >= 4 is 11.6 Å². The second-order valence-corrected chi connectivity index (χ2v) is 5.64. The molecule has 0 heterocycles. The summed E-state index contributed by atoms with van der Waals surface area (Å²) >= 11 is 0. The lowest BCUT2D eigenvalue weighted by molar-refractivity contribution is 0.103. The number of carbonyl (C=O) groups is 2. The summed E-state index contributed by atoms with van der Waals surface area (Å²) < 4.78 is 0. The highest BCUT2D eigenvalue weighted by atomic mass is 16.1. The van der Waals surface area contributed by atoms with E-state index in [0.717, 1.165) is 0 Å². The molecule has 0 fully saturated rings. The van der Waals surface area contributed by atoms with Crippen molar-refractivity contribution in [2.24, 2.45) is 0 Å². The fourth-order valence-electron chi connectivity index (χ4n) is 2.28. The van der Waals surface area contributed by atoms with Crippen LogP contribution in [-0.4, -0.2) is 24.7 Å². The van der Waals surface area contributed by atoms with Crippen LogP contribution in [0.1, 0.15) is 20.7 Å². The van der Waals surface area contributed by atoms with Crippen molar-refractivity contribution in [2.75, 3.05) is 13.1 Å². The minimum atomic E-state index is -0.358. The summed E-state index contributed by atoms with van der Waals surface area (Å²) in [6.45, 7) is 0.782. The van der Waals surface area contributed by atoms with Crippen molar-refractivity contribution in [3.63, 3.8) is 0 Å². The van der Waals surface area contributed by atoms with Gasteiger partial charge in [-0.1, -0.05) is 60.7 Å². The van der Waals surface area contributed by atoms with E-state index in [1.165, 1.54) is 12.4 Å². The van der Waals surface area contributed by atoms with Crippen LogP contribution in [0.25, 0.3) is 0 Å². The van der Waals surface area contributed by atoms with E-state index in [1.807, 2.05) is 12.1 Å². The highest BCUT2D eigenvalue weighted by Crippen LogP contribution is 2.07. The van der Waals surface area contributed by atoms with Gasteiger partial charge in [-0.05, 0) is 0 Å². The molecular formula is C22H18N4O2. The molecule has 2 aromatic rings. The van der Waals surface area contributed by atoms with E-state index in [4.69, 9.17) is 10.5 Å². The summed E-state index contributed by atoms with van der Waals surface area (Å²) in [6, 6.07) is 20.9. The zero-order valence-electron chi connectivity index (χ0n) is 15.1. The molecule has 138 valence electrons. The average Bonchev–Trinajstić information content (AvgIpc) is 2.76. The van der Waals surface area contributed by atoms with Crippen LogP contribution in [0.5, 0.6) is 0 Å². The molecule has 0 saturated heterocycles. The fraction of sp³-hybridized carbons (Fsp3) is 0.0909. The molecule has 0 radical (unpaired) electrons.